The molecule has 0 saturated carbocycles. The summed E-state index contributed by atoms with van der Waals surface area (Å²) in [6, 6.07) is 6.77. The van der Waals surface area contributed by atoms with E-state index in [0.717, 1.165) is 0 Å². The van der Waals surface area contributed by atoms with Crippen molar-refractivity contribution in [3.63, 3.8) is 0 Å². The molecule has 1 amide bonds. The molecule has 1 rings (SSSR count). The van der Waals surface area contributed by atoms with Crippen LogP contribution in [0.5, 0.6) is 0 Å². The molecule has 0 aliphatic carbocycles. The highest BCUT2D eigenvalue weighted by atomic mass is 19.4. The lowest BCUT2D eigenvalue weighted by atomic mass is 10.1. The van der Waals surface area contributed by atoms with Crippen LogP contribution in [-0.4, -0.2) is 12.1 Å². The quantitative estimate of drug-likeness (QED) is 0.847. The van der Waals surface area contributed by atoms with Gasteiger partial charge in [0.1, 0.15) is 0 Å². The molecule has 0 heterocycles. The fourth-order valence-corrected chi connectivity index (χ4v) is 1.17. The molecule has 1 aromatic carbocycles. The number of nitrogens with one attached hydrogen (secondary N) is 1. The summed E-state index contributed by atoms with van der Waals surface area (Å²) in [6.45, 7) is 3.37. The van der Waals surface area contributed by atoms with Crippen molar-refractivity contribution in [1.29, 1.82) is 0 Å². The van der Waals surface area contributed by atoms with E-state index in [1.54, 1.807) is 29.6 Å². The van der Waals surface area contributed by atoms with Crippen LogP contribution in [0, 0.1) is 0 Å². The van der Waals surface area contributed by atoms with E-state index in [1.807, 2.05) is 0 Å². The number of amides is 1. The smallest absolute Gasteiger partial charge is 0.344 e. The summed E-state index contributed by atoms with van der Waals surface area (Å²) in [5.74, 6) is -1.94. The Labute approximate surface area is 90.8 Å². The monoisotopic (exact) mass is 229 g/mol. The molecule has 0 bridgehead atoms. The first-order valence-electron chi connectivity index (χ1n) is 4.50. The summed E-state index contributed by atoms with van der Waals surface area (Å²) >= 11 is 0. The average molecular weight is 229 g/mol. The van der Waals surface area contributed by atoms with Gasteiger partial charge in [-0.15, -0.1) is 0 Å². The molecule has 0 radical (unpaired) electrons. The summed E-state index contributed by atoms with van der Waals surface area (Å²) in [5.41, 5.74) is 1.29. The summed E-state index contributed by atoms with van der Waals surface area (Å²) in [7, 11) is 0. The minimum absolute atomic E-state index is 0.166. The van der Waals surface area contributed by atoms with Gasteiger partial charge in [-0.2, -0.15) is 13.2 Å². The minimum atomic E-state index is -4.84. The molecule has 16 heavy (non-hydrogen) atoms. The second-order valence-electron chi connectivity index (χ2n) is 3.08. The second kappa shape index (κ2) is 4.83. The van der Waals surface area contributed by atoms with E-state index in [-0.39, 0.29) is 6.54 Å². The van der Waals surface area contributed by atoms with Crippen molar-refractivity contribution in [1.82, 2.24) is 5.32 Å². The molecular formula is C11H10F3NO. The normalized spacial score (nSPS) is 10.9. The van der Waals surface area contributed by atoms with E-state index in [1.165, 1.54) is 6.08 Å². The Morgan fingerprint density at radius 1 is 1.38 bits per heavy atom. The van der Waals surface area contributed by atoms with Gasteiger partial charge >= 0.3 is 12.1 Å². The number of carbonyl (C=O) groups is 1. The van der Waals surface area contributed by atoms with E-state index >= 15 is 0 Å². The lowest BCUT2D eigenvalue weighted by Gasteiger charge is -2.09. The zero-order valence-corrected chi connectivity index (χ0v) is 8.34. The zero-order chi connectivity index (χ0) is 12.2. The van der Waals surface area contributed by atoms with Crippen LogP contribution in [0.4, 0.5) is 13.2 Å². The van der Waals surface area contributed by atoms with Gasteiger partial charge in [0.15, 0.2) is 0 Å². The summed E-state index contributed by atoms with van der Waals surface area (Å²) in [4.78, 5) is 10.6. The van der Waals surface area contributed by atoms with E-state index in [2.05, 4.69) is 6.58 Å². The zero-order valence-electron chi connectivity index (χ0n) is 8.34. The number of halogens is 3. The maximum atomic E-state index is 11.9. The van der Waals surface area contributed by atoms with E-state index in [4.69, 9.17) is 0 Å². The van der Waals surface area contributed by atoms with Gasteiger partial charge in [-0.05, 0) is 11.1 Å². The Balaban J connectivity index is 2.68. The van der Waals surface area contributed by atoms with Gasteiger partial charge in [-0.1, -0.05) is 36.9 Å². The first-order chi connectivity index (χ1) is 7.45. The number of hydrogen-bond donors (Lipinski definition) is 1. The molecule has 0 spiro atoms. The van der Waals surface area contributed by atoms with E-state index in [0.29, 0.717) is 11.1 Å². The molecule has 2 nitrogen and oxygen atoms in total. The van der Waals surface area contributed by atoms with Crippen LogP contribution in [0.3, 0.4) is 0 Å². The van der Waals surface area contributed by atoms with Gasteiger partial charge in [0, 0.05) is 6.54 Å². The van der Waals surface area contributed by atoms with Gasteiger partial charge in [-0.25, -0.2) is 0 Å². The van der Waals surface area contributed by atoms with E-state index < -0.39 is 12.1 Å². The summed E-state index contributed by atoms with van der Waals surface area (Å²) < 4.78 is 35.7. The largest absolute Gasteiger partial charge is 0.471 e. The van der Waals surface area contributed by atoms with Crippen molar-refractivity contribution in [3.05, 3.63) is 42.0 Å². The Kier molecular flexibility index (Phi) is 3.71. The Morgan fingerprint density at radius 2 is 2.00 bits per heavy atom. The van der Waals surface area contributed by atoms with E-state index in [9.17, 15) is 18.0 Å². The van der Waals surface area contributed by atoms with Crippen LogP contribution in [0.2, 0.25) is 0 Å². The standard InChI is InChI=1S/C11H10F3NO/c1-2-8-5-3-4-6-9(8)7-15-10(16)11(12,13)14/h2-6H,1,7H2,(H,15,16). The number of benzene rings is 1. The first kappa shape index (κ1) is 12.3. The van der Waals surface area contributed by atoms with Crippen molar-refractivity contribution in [2.24, 2.45) is 0 Å². The van der Waals surface area contributed by atoms with Crippen LogP contribution in [-0.2, 0) is 11.3 Å². The predicted molar refractivity (Wildman–Crippen MR) is 54.4 cm³/mol. The number of hydrogen-bond acceptors (Lipinski definition) is 1. The predicted octanol–water partition coefficient (Wildman–Crippen LogP) is 2.51. The summed E-state index contributed by atoms with van der Waals surface area (Å²) in [6.07, 6.45) is -3.32. The molecule has 0 aliphatic heterocycles. The maximum absolute atomic E-state index is 11.9. The Hall–Kier alpha value is -1.78. The topological polar surface area (TPSA) is 29.1 Å². The molecule has 0 aliphatic rings. The highest BCUT2D eigenvalue weighted by molar-refractivity contribution is 5.81. The highest BCUT2D eigenvalue weighted by Gasteiger charge is 2.38. The van der Waals surface area contributed by atoms with Crippen molar-refractivity contribution in [2.75, 3.05) is 0 Å². The van der Waals surface area contributed by atoms with Gasteiger partial charge < -0.3 is 5.32 Å². The summed E-state index contributed by atoms with van der Waals surface area (Å²) in [5, 5.41) is 1.80. The van der Waals surface area contributed by atoms with Crippen LogP contribution >= 0.6 is 0 Å². The third-order valence-electron chi connectivity index (χ3n) is 1.97. The first-order valence-corrected chi connectivity index (χ1v) is 4.50. The van der Waals surface area contributed by atoms with Crippen molar-refractivity contribution in [3.8, 4) is 0 Å². The third-order valence-corrected chi connectivity index (χ3v) is 1.97. The Morgan fingerprint density at radius 3 is 2.56 bits per heavy atom. The van der Waals surface area contributed by atoms with Crippen LogP contribution < -0.4 is 5.32 Å². The molecular weight excluding hydrogens is 219 g/mol. The molecule has 0 aromatic heterocycles. The average Bonchev–Trinajstić information content (AvgIpc) is 2.24. The van der Waals surface area contributed by atoms with Crippen molar-refractivity contribution >= 4 is 12.0 Å². The third kappa shape index (κ3) is 3.12. The molecule has 1 N–H and O–H groups in total. The lowest BCUT2D eigenvalue weighted by Crippen LogP contribution is -2.36. The Bertz CT molecular complexity index is 398. The minimum Gasteiger partial charge on any atom is -0.344 e. The van der Waals surface area contributed by atoms with Crippen LogP contribution in [0.15, 0.2) is 30.8 Å². The molecule has 0 saturated heterocycles. The highest BCUT2D eigenvalue weighted by Crippen LogP contribution is 2.15. The van der Waals surface area contributed by atoms with Crippen LogP contribution in [0.1, 0.15) is 11.1 Å². The van der Waals surface area contributed by atoms with Gasteiger partial charge in [0.25, 0.3) is 0 Å². The van der Waals surface area contributed by atoms with Gasteiger partial charge in [0.05, 0.1) is 0 Å². The fraction of sp³-hybridized carbons (Fsp3) is 0.182. The second-order valence-corrected chi connectivity index (χ2v) is 3.08. The molecule has 86 valence electrons. The number of alkyl halides is 3. The number of carbonyl (C=O) groups excluding carboxylic acids is 1. The molecule has 5 heteroatoms. The lowest BCUT2D eigenvalue weighted by molar-refractivity contribution is -0.173. The number of rotatable bonds is 3. The van der Waals surface area contributed by atoms with Crippen molar-refractivity contribution in [2.45, 2.75) is 12.7 Å². The maximum Gasteiger partial charge on any atom is 0.471 e. The van der Waals surface area contributed by atoms with Gasteiger partial charge in [-0.3, -0.25) is 4.79 Å². The molecule has 0 atom stereocenters. The fourth-order valence-electron chi connectivity index (χ4n) is 1.17. The van der Waals surface area contributed by atoms with Gasteiger partial charge in [0.2, 0.25) is 0 Å². The molecule has 1 aromatic rings. The van der Waals surface area contributed by atoms with Crippen LogP contribution in [0.25, 0.3) is 6.08 Å². The molecule has 0 fully saturated rings. The SMILES string of the molecule is C=Cc1ccccc1CNC(=O)C(F)(F)F. The molecule has 0 unspecified atom stereocenters. The van der Waals surface area contributed by atoms with Crippen molar-refractivity contribution < 1.29 is 18.0 Å².